The summed E-state index contributed by atoms with van der Waals surface area (Å²) in [5.74, 6) is -0.214. The third kappa shape index (κ3) is 5.74. The van der Waals surface area contributed by atoms with E-state index in [4.69, 9.17) is 9.47 Å². The molecule has 0 amide bonds. The fourth-order valence-corrected chi connectivity index (χ4v) is 1.38. The van der Waals surface area contributed by atoms with Crippen molar-refractivity contribution < 1.29 is 22.6 Å². The average molecular weight is 307 g/mol. The van der Waals surface area contributed by atoms with Crippen LogP contribution in [-0.4, -0.2) is 35.8 Å². The molecule has 0 aromatic carbocycles. The molecule has 0 unspecified atom stereocenters. The Morgan fingerprint density at radius 2 is 1.90 bits per heavy atom. The van der Waals surface area contributed by atoms with E-state index in [-0.39, 0.29) is 18.4 Å². The minimum atomic E-state index is -4.54. The van der Waals surface area contributed by atoms with Crippen LogP contribution in [0, 0.1) is 0 Å². The molecule has 0 fully saturated rings. The van der Waals surface area contributed by atoms with Crippen molar-refractivity contribution in [2.75, 3.05) is 25.6 Å². The molecule has 0 spiro atoms. The van der Waals surface area contributed by atoms with Gasteiger partial charge in [0.25, 0.3) is 0 Å². The zero-order chi connectivity index (χ0) is 16.1. The summed E-state index contributed by atoms with van der Waals surface area (Å²) in [5.41, 5.74) is -1.45. The van der Waals surface area contributed by atoms with Gasteiger partial charge in [0, 0.05) is 26.1 Å². The van der Waals surface area contributed by atoms with Gasteiger partial charge in [-0.1, -0.05) is 0 Å². The Bertz CT molecular complexity index is 464. The van der Waals surface area contributed by atoms with Crippen molar-refractivity contribution in [1.82, 2.24) is 9.97 Å². The summed E-state index contributed by atoms with van der Waals surface area (Å²) in [5, 5.41) is 2.65. The van der Waals surface area contributed by atoms with Gasteiger partial charge in [0.2, 0.25) is 11.8 Å². The van der Waals surface area contributed by atoms with Crippen LogP contribution < -0.4 is 10.1 Å². The molecule has 21 heavy (non-hydrogen) atoms. The van der Waals surface area contributed by atoms with Crippen LogP contribution in [0.3, 0.4) is 0 Å². The molecule has 0 radical (unpaired) electrons. The summed E-state index contributed by atoms with van der Waals surface area (Å²) in [6.45, 7) is 6.08. The molecule has 1 aromatic rings. The van der Waals surface area contributed by atoms with Crippen LogP contribution in [0.15, 0.2) is 6.07 Å². The average Bonchev–Trinajstić information content (AvgIpc) is 2.38. The van der Waals surface area contributed by atoms with E-state index in [1.54, 1.807) is 14.0 Å². The highest BCUT2D eigenvalue weighted by atomic mass is 19.4. The number of aromatic nitrogens is 2. The summed E-state index contributed by atoms with van der Waals surface area (Å²) in [7, 11) is 1.57. The van der Waals surface area contributed by atoms with Crippen molar-refractivity contribution in [2.45, 2.75) is 39.0 Å². The van der Waals surface area contributed by atoms with E-state index in [1.165, 1.54) is 0 Å². The molecule has 0 saturated carbocycles. The van der Waals surface area contributed by atoms with E-state index >= 15 is 0 Å². The van der Waals surface area contributed by atoms with Crippen molar-refractivity contribution in [3.05, 3.63) is 11.8 Å². The first-order valence-corrected chi connectivity index (χ1v) is 6.56. The van der Waals surface area contributed by atoms with Crippen LogP contribution in [0.5, 0.6) is 5.88 Å². The molecule has 5 nitrogen and oxygen atoms in total. The quantitative estimate of drug-likeness (QED) is 0.839. The largest absolute Gasteiger partial charge is 0.477 e. The maximum Gasteiger partial charge on any atom is 0.433 e. The van der Waals surface area contributed by atoms with Crippen LogP contribution >= 0.6 is 0 Å². The van der Waals surface area contributed by atoms with Crippen molar-refractivity contribution >= 4 is 5.95 Å². The van der Waals surface area contributed by atoms with E-state index in [9.17, 15) is 13.2 Å². The standard InChI is InChI=1S/C13H20F3N3O2/c1-5-17-11-18-9(13(14,15)16)8-10(19-11)21-7-6-12(2,3)20-4/h8H,5-7H2,1-4H3,(H,17,18,19). The maximum absolute atomic E-state index is 12.8. The molecule has 0 aliphatic carbocycles. The zero-order valence-corrected chi connectivity index (χ0v) is 12.5. The SMILES string of the molecule is CCNc1nc(OCCC(C)(C)OC)cc(C(F)(F)F)n1. The summed E-state index contributed by atoms with van der Waals surface area (Å²) in [4.78, 5) is 7.31. The molecule has 8 heteroatoms. The molecule has 0 aliphatic heterocycles. The van der Waals surface area contributed by atoms with Gasteiger partial charge in [-0.3, -0.25) is 0 Å². The third-order valence-corrected chi connectivity index (χ3v) is 2.83. The van der Waals surface area contributed by atoms with Gasteiger partial charge in [-0.05, 0) is 20.8 Å². The van der Waals surface area contributed by atoms with E-state index in [0.717, 1.165) is 6.07 Å². The van der Waals surface area contributed by atoms with Gasteiger partial charge in [-0.25, -0.2) is 4.98 Å². The summed E-state index contributed by atoms with van der Waals surface area (Å²) >= 11 is 0. The van der Waals surface area contributed by atoms with Gasteiger partial charge in [0.15, 0.2) is 5.69 Å². The first kappa shape index (κ1) is 17.5. The predicted molar refractivity (Wildman–Crippen MR) is 72.4 cm³/mol. The van der Waals surface area contributed by atoms with Crippen molar-refractivity contribution in [3.8, 4) is 5.88 Å². The summed E-state index contributed by atoms with van der Waals surface area (Å²) in [6.07, 6.45) is -4.03. The highest BCUT2D eigenvalue weighted by molar-refractivity contribution is 5.31. The van der Waals surface area contributed by atoms with Crippen LogP contribution in [0.25, 0.3) is 0 Å². The minimum Gasteiger partial charge on any atom is -0.477 e. The first-order chi connectivity index (χ1) is 9.68. The molecule has 1 rings (SSSR count). The fourth-order valence-electron chi connectivity index (χ4n) is 1.38. The topological polar surface area (TPSA) is 56.3 Å². The number of hydrogen-bond acceptors (Lipinski definition) is 5. The van der Waals surface area contributed by atoms with E-state index in [2.05, 4.69) is 15.3 Å². The Morgan fingerprint density at radius 3 is 2.43 bits per heavy atom. The third-order valence-electron chi connectivity index (χ3n) is 2.83. The van der Waals surface area contributed by atoms with Crippen molar-refractivity contribution in [2.24, 2.45) is 0 Å². The number of anilines is 1. The normalized spacial score (nSPS) is 12.3. The number of rotatable bonds is 7. The van der Waals surface area contributed by atoms with Gasteiger partial charge in [-0.15, -0.1) is 0 Å². The lowest BCUT2D eigenvalue weighted by molar-refractivity contribution is -0.141. The van der Waals surface area contributed by atoms with E-state index in [1.807, 2.05) is 13.8 Å². The zero-order valence-electron chi connectivity index (χ0n) is 12.5. The number of methoxy groups -OCH3 is 1. The lowest BCUT2D eigenvalue weighted by Gasteiger charge is -2.22. The van der Waals surface area contributed by atoms with Crippen LogP contribution in [-0.2, 0) is 10.9 Å². The number of ether oxygens (including phenoxy) is 2. The highest BCUT2D eigenvalue weighted by Crippen LogP contribution is 2.30. The van der Waals surface area contributed by atoms with Gasteiger partial charge in [-0.2, -0.15) is 18.2 Å². The van der Waals surface area contributed by atoms with Crippen LogP contribution in [0.1, 0.15) is 32.9 Å². The molecule has 0 aliphatic rings. The number of nitrogens with one attached hydrogen (secondary N) is 1. The van der Waals surface area contributed by atoms with Crippen LogP contribution in [0.4, 0.5) is 19.1 Å². The Morgan fingerprint density at radius 1 is 1.24 bits per heavy atom. The Labute approximate surface area is 121 Å². The molecular weight excluding hydrogens is 287 g/mol. The monoisotopic (exact) mass is 307 g/mol. The Balaban J connectivity index is 2.83. The molecule has 120 valence electrons. The van der Waals surface area contributed by atoms with E-state index < -0.39 is 17.5 Å². The fraction of sp³-hybridized carbons (Fsp3) is 0.692. The van der Waals surface area contributed by atoms with Gasteiger partial charge >= 0.3 is 6.18 Å². The molecule has 1 aromatic heterocycles. The molecule has 1 N–H and O–H groups in total. The number of nitrogens with zero attached hydrogens (tertiary/aromatic N) is 2. The second-order valence-electron chi connectivity index (χ2n) is 5.01. The van der Waals surface area contributed by atoms with Crippen molar-refractivity contribution in [1.29, 1.82) is 0 Å². The number of halogens is 3. The van der Waals surface area contributed by atoms with Gasteiger partial charge in [0.05, 0.1) is 12.2 Å². The smallest absolute Gasteiger partial charge is 0.433 e. The maximum atomic E-state index is 12.8. The first-order valence-electron chi connectivity index (χ1n) is 6.56. The van der Waals surface area contributed by atoms with Crippen LogP contribution in [0.2, 0.25) is 0 Å². The predicted octanol–water partition coefficient (Wildman–Crippen LogP) is 3.12. The van der Waals surface area contributed by atoms with E-state index in [0.29, 0.717) is 13.0 Å². The summed E-state index contributed by atoms with van der Waals surface area (Å²) in [6, 6.07) is 0.792. The molecular formula is C13H20F3N3O2. The number of alkyl halides is 3. The molecule has 0 atom stereocenters. The lowest BCUT2D eigenvalue weighted by Crippen LogP contribution is -2.25. The molecule has 1 heterocycles. The van der Waals surface area contributed by atoms with Crippen molar-refractivity contribution in [3.63, 3.8) is 0 Å². The Kier molecular flexibility index (Phi) is 5.77. The van der Waals surface area contributed by atoms with Gasteiger partial charge < -0.3 is 14.8 Å². The lowest BCUT2D eigenvalue weighted by atomic mass is 10.1. The minimum absolute atomic E-state index is 0.103. The summed E-state index contributed by atoms with van der Waals surface area (Å²) < 4.78 is 48.8. The van der Waals surface area contributed by atoms with Gasteiger partial charge in [0.1, 0.15) is 0 Å². The highest BCUT2D eigenvalue weighted by Gasteiger charge is 2.34. The molecule has 0 saturated heterocycles. The number of hydrogen-bond donors (Lipinski definition) is 1. The molecule has 0 bridgehead atoms. The second kappa shape index (κ2) is 6.93. The Hall–Kier alpha value is -1.57. The second-order valence-corrected chi connectivity index (χ2v) is 5.01.